The van der Waals surface area contributed by atoms with Crippen LogP contribution in [0.1, 0.15) is 6.92 Å². The van der Waals surface area contributed by atoms with Crippen LogP contribution in [0.3, 0.4) is 0 Å². The lowest BCUT2D eigenvalue weighted by Gasteiger charge is -2.46. The van der Waals surface area contributed by atoms with Crippen molar-refractivity contribution in [2.45, 2.75) is 68.3 Å². The summed E-state index contributed by atoms with van der Waals surface area (Å²) in [7, 11) is 1.41. The van der Waals surface area contributed by atoms with Crippen LogP contribution in [0.4, 0.5) is 0 Å². The van der Waals surface area contributed by atoms with Gasteiger partial charge in [-0.2, -0.15) is 0 Å². The van der Waals surface area contributed by atoms with Gasteiger partial charge in [-0.25, -0.2) is 19.6 Å². The van der Waals surface area contributed by atoms with Gasteiger partial charge < -0.3 is 58.3 Å². The second kappa shape index (κ2) is 17.7. The zero-order chi connectivity index (χ0) is 30.6. The van der Waals surface area contributed by atoms with Crippen molar-refractivity contribution < 1.29 is 77.9 Å². The summed E-state index contributed by atoms with van der Waals surface area (Å²) in [5.74, 6) is 1.35. The molecule has 0 aliphatic carbocycles. The maximum atomic E-state index is 10.5. The van der Waals surface area contributed by atoms with Gasteiger partial charge >= 0.3 is 0 Å². The van der Waals surface area contributed by atoms with E-state index in [1.807, 2.05) is 0 Å². The molecule has 2 bridgehead atoms. The Labute approximate surface area is 248 Å². The molecule has 5 rings (SSSR count). The molecule has 1 aromatic rings. The second-order valence-electron chi connectivity index (χ2n) is 9.90. The van der Waals surface area contributed by atoms with Crippen molar-refractivity contribution in [3.05, 3.63) is 24.3 Å². The monoisotopic (exact) mass is 622 g/mol. The molecule has 4 aliphatic rings. The molecule has 1 aromatic carbocycles. The van der Waals surface area contributed by atoms with Crippen molar-refractivity contribution >= 4 is 0 Å². The number of hydrogen-bond donors (Lipinski definition) is 4. The molecule has 0 aromatic heterocycles. The Hall–Kier alpha value is -1.74. The van der Waals surface area contributed by atoms with Crippen molar-refractivity contribution in [2.24, 2.45) is 0 Å². The molecule has 4 heterocycles. The highest BCUT2D eigenvalue weighted by atomic mass is 17.2. The molecule has 0 amide bonds. The molecular formula is C27H42O16. The molecule has 4 aliphatic heterocycles. The van der Waals surface area contributed by atoms with Crippen LogP contribution in [0.15, 0.2) is 24.3 Å². The molecule has 10 atom stereocenters. The first-order valence-electron chi connectivity index (χ1n) is 14.1. The van der Waals surface area contributed by atoms with E-state index in [9.17, 15) is 20.4 Å². The zero-order valence-electron chi connectivity index (χ0n) is 24.1. The molecule has 4 N–H and O–H groups in total. The van der Waals surface area contributed by atoms with Gasteiger partial charge in [0.05, 0.1) is 39.1 Å². The lowest BCUT2D eigenvalue weighted by Crippen LogP contribution is -2.64. The maximum absolute atomic E-state index is 10.5. The number of aliphatic hydroxyl groups excluding tert-OH is 4. The van der Waals surface area contributed by atoms with Crippen LogP contribution in [0.5, 0.6) is 11.5 Å². The fourth-order valence-electron chi connectivity index (χ4n) is 4.61. The van der Waals surface area contributed by atoms with Gasteiger partial charge in [-0.3, -0.25) is 0 Å². The fraction of sp³-hybridized carbons (Fsp3) is 0.778. The van der Waals surface area contributed by atoms with Gasteiger partial charge in [0.1, 0.15) is 68.4 Å². The number of methoxy groups -OCH3 is 1. The molecule has 0 spiro atoms. The van der Waals surface area contributed by atoms with Crippen LogP contribution < -0.4 is 9.47 Å². The summed E-state index contributed by atoms with van der Waals surface area (Å²) >= 11 is 0. The van der Waals surface area contributed by atoms with E-state index >= 15 is 0 Å². The normalized spacial score (nSPS) is 37.6. The highest BCUT2D eigenvalue weighted by molar-refractivity contribution is 5.31. The van der Waals surface area contributed by atoms with Crippen molar-refractivity contribution in [2.75, 3.05) is 66.6 Å². The summed E-state index contributed by atoms with van der Waals surface area (Å²) < 4.78 is 45.3. The lowest BCUT2D eigenvalue weighted by molar-refractivity contribution is -0.458. The summed E-state index contributed by atoms with van der Waals surface area (Å²) in [6.07, 6.45) is -12.4. The third-order valence-corrected chi connectivity index (χ3v) is 6.90. The molecule has 2 saturated heterocycles. The number of benzene rings is 1. The smallest absolute Gasteiger partial charge is 0.189 e. The van der Waals surface area contributed by atoms with E-state index in [2.05, 4.69) is 0 Å². The van der Waals surface area contributed by atoms with E-state index in [4.69, 9.17) is 57.4 Å². The molecule has 0 radical (unpaired) electrons. The largest absolute Gasteiger partial charge is 0.491 e. The third kappa shape index (κ3) is 9.62. The Bertz CT molecular complexity index is 905. The molecule has 43 heavy (non-hydrogen) atoms. The quantitative estimate of drug-likeness (QED) is 0.229. The van der Waals surface area contributed by atoms with Gasteiger partial charge in [-0.1, -0.05) is 0 Å². The molecule has 0 saturated carbocycles. The summed E-state index contributed by atoms with van der Waals surface area (Å²) in [6, 6.07) is 7.19. The summed E-state index contributed by atoms with van der Waals surface area (Å²) in [5, 5.41) is 40.5. The number of ether oxygens (including phenoxy) is 8. The average molecular weight is 623 g/mol. The standard InChI is InChI=1S/C27H42O16/c1-16-23(41-26-22(31)21(30)20(29)19(15-28)40-26)24-25(27(32-2)39-16)43-38-14-10-34-8-12-36-18-5-3-17(4-6-18)35-11-7-33-9-13-37-42-24/h3-6,16,19-31H,7-15H2,1-2H3/t16-,19-,20+,21+,22-,23-,24+,25-,26+,27+/m1/s1. The molecular weight excluding hydrogens is 580 g/mol. The van der Waals surface area contributed by atoms with Crippen molar-refractivity contribution in [3.8, 4) is 11.5 Å². The Morgan fingerprint density at radius 1 is 0.698 bits per heavy atom. The van der Waals surface area contributed by atoms with Crippen molar-refractivity contribution in [3.63, 3.8) is 0 Å². The van der Waals surface area contributed by atoms with Gasteiger partial charge in [0.25, 0.3) is 0 Å². The minimum Gasteiger partial charge on any atom is -0.491 e. The van der Waals surface area contributed by atoms with Gasteiger partial charge in [-0.15, -0.1) is 0 Å². The topological polar surface area (TPSA) is 192 Å². The van der Waals surface area contributed by atoms with Crippen molar-refractivity contribution in [1.29, 1.82) is 0 Å². The number of fused-ring (bicyclic) bond motifs is 16. The van der Waals surface area contributed by atoms with E-state index in [0.717, 1.165) is 0 Å². The number of hydrogen-bond acceptors (Lipinski definition) is 16. The van der Waals surface area contributed by atoms with Crippen LogP contribution in [-0.2, 0) is 48.0 Å². The van der Waals surface area contributed by atoms with E-state index in [0.29, 0.717) is 37.9 Å². The first-order valence-corrected chi connectivity index (χ1v) is 14.1. The minimum absolute atomic E-state index is 0.0175. The van der Waals surface area contributed by atoms with Crippen LogP contribution in [0.2, 0.25) is 0 Å². The lowest BCUT2D eigenvalue weighted by atomic mass is 9.97. The Morgan fingerprint density at radius 2 is 1.26 bits per heavy atom. The highest BCUT2D eigenvalue weighted by Gasteiger charge is 2.52. The van der Waals surface area contributed by atoms with E-state index < -0.39 is 68.0 Å². The first kappa shape index (κ1) is 34.1. The van der Waals surface area contributed by atoms with Gasteiger partial charge in [0.15, 0.2) is 24.8 Å². The molecule has 246 valence electrons. The van der Waals surface area contributed by atoms with Gasteiger partial charge in [0, 0.05) is 7.11 Å². The molecule has 16 nitrogen and oxygen atoms in total. The predicted octanol–water partition coefficient (Wildman–Crippen LogP) is -1.30. The first-order chi connectivity index (χ1) is 20.9. The van der Waals surface area contributed by atoms with Crippen LogP contribution in [-0.4, -0.2) is 148 Å². The predicted molar refractivity (Wildman–Crippen MR) is 141 cm³/mol. The minimum atomic E-state index is -1.66. The number of aliphatic hydroxyl groups is 4. The van der Waals surface area contributed by atoms with E-state index in [1.54, 1.807) is 31.2 Å². The Morgan fingerprint density at radius 3 is 1.81 bits per heavy atom. The van der Waals surface area contributed by atoms with E-state index in [1.165, 1.54) is 7.11 Å². The Balaban J connectivity index is 1.42. The summed E-state index contributed by atoms with van der Waals surface area (Å²) in [6.45, 7) is 2.67. The molecule has 2 fully saturated rings. The van der Waals surface area contributed by atoms with Gasteiger partial charge in [0.2, 0.25) is 0 Å². The average Bonchev–Trinajstić information content (AvgIpc) is 3.01. The van der Waals surface area contributed by atoms with Crippen LogP contribution in [0.25, 0.3) is 0 Å². The van der Waals surface area contributed by atoms with Crippen LogP contribution >= 0.6 is 0 Å². The van der Waals surface area contributed by atoms with E-state index in [-0.39, 0.29) is 26.4 Å². The zero-order valence-corrected chi connectivity index (χ0v) is 24.1. The maximum Gasteiger partial charge on any atom is 0.189 e. The Kier molecular flexibility index (Phi) is 14.0. The van der Waals surface area contributed by atoms with Crippen molar-refractivity contribution in [1.82, 2.24) is 0 Å². The molecule has 16 heteroatoms. The number of rotatable bonds is 4. The van der Waals surface area contributed by atoms with Gasteiger partial charge in [-0.05, 0) is 31.2 Å². The second-order valence-corrected chi connectivity index (χ2v) is 9.90. The SMILES string of the molecule is CO[C@H]1O[C@H](C)[C@@H](O[C@@H]2O[C@H](CO)[C@H](O)[C@H](O)[C@H]2O)[C@@H]2OOCCOCCOc3ccc(cc3)OCCOCCOO[C@@H]12. The third-order valence-electron chi connectivity index (χ3n) is 6.90. The van der Waals surface area contributed by atoms with Crippen LogP contribution in [0, 0.1) is 0 Å². The highest BCUT2D eigenvalue weighted by Crippen LogP contribution is 2.32. The summed E-state index contributed by atoms with van der Waals surface area (Å²) in [5.41, 5.74) is 0. The molecule has 0 unspecified atom stereocenters. The summed E-state index contributed by atoms with van der Waals surface area (Å²) in [4.78, 5) is 22.2. The fourth-order valence-corrected chi connectivity index (χ4v) is 4.61.